The number of rotatable bonds is 8. The number of alkyl carbamates (subject to hydrolysis) is 1. The van der Waals surface area contributed by atoms with Crippen LogP contribution in [0.1, 0.15) is 45.1 Å². The fraction of sp³-hybridized carbons (Fsp3) is 0.652. The summed E-state index contributed by atoms with van der Waals surface area (Å²) in [5.74, 6) is 0.186. The number of carbonyl (C=O) groups is 2. The van der Waals surface area contributed by atoms with Gasteiger partial charge < -0.3 is 19.7 Å². The van der Waals surface area contributed by atoms with Crippen molar-refractivity contribution in [3.63, 3.8) is 0 Å². The lowest BCUT2D eigenvalue weighted by atomic mass is 10.1. The number of hydrogen-bond donors (Lipinski definition) is 1. The van der Waals surface area contributed by atoms with Gasteiger partial charge in [0, 0.05) is 45.2 Å². The monoisotopic (exact) mass is 417 g/mol. The van der Waals surface area contributed by atoms with Crippen molar-refractivity contribution < 1.29 is 19.1 Å². The van der Waals surface area contributed by atoms with Gasteiger partial charge in [0.15, 0.2) is 0 Å². The predicted molar refractivity (Wildman–Crippen MR) is 115 cm³/mol. The van der Waals surface area contributed by atoms with Gasteiger partial charge in [-0.15, -0.1) is 0 Å². The molecule has 0 saturated carbocycles. The van der Waals surface area contributed by atoms with E-state index < -0.39 is 6.09 Å². The molecule has 3 unspecified atom stereocenters. The molecule has 7 nitrogen and oxygen atoms in total. The number of hydrogen-bond acceptors (Lipinski definition) is 5. The van der Waals surface area contributed by atoms with Gasteiger partial charge in [-0.2, -0.15) is 0 Å². The molecular weight excluding hydrogens is 382 g/mol. The Labute approximate surface area is 179 Å². The quantitative estimate of drug-likeness (QED) is 0.659. The molecule has 0 spiro atoms. The molecule has 2 amide bonds. The number of ether oxygens (including phenoxy) is 2. The minimum Gasteiger partial charge on any atom is -0.445 e. The summed E-state index contributed by atoms with van der Waals surface area (Å²) in [7, 11) is 0. The minimum atomic E-state index is -0.444. The highest BCUT2D eigenvalue weighted by Crippen LogP contribution is 2.21. The molecule has 0 aliphatic carbocycles. The molecule has 2 fully saturated rings. The predicted octanol–water partition coefficient (Wildman–Crippen LogP) is 2.79. The first-order valence-corrected chi connectivity index (χ1v) is 11.1. The van der Waals surface area contributed by atoms with Gasteiger partial charge in [-0.1, -0.05) is 30.3 Å². The molecule has 3 rings (SSSR count). The maximum atomic E-state index is 12.7. The Morgan fingerprint density at radius 2 is 1.90 bits per heavy atom. The molecule has 1 aromatic carbocycles. The molecule has 2 aliphatic heterocycles. The molecular formula is C23H35N3O4. The number of morpholine rings is 1. The van der Waals surface area contributed by atoms with Gasteiger partial charge in [-0.3, -0.25) is 9.69 Å². The molecule has 1 aromatic rings. The SMILES string of the molecule is CC1CN(CC2CCCN2C(=O)CCCNC(=O)OCc2ccccc2)CC(C)O1. The summed E-state index contributed by atoms with van der Waals surface area (Å²) < 4.78 is 11.0. The molecule has 7 heteroatoms. The van der Waals surface area contributed by atoms with Crippen molar-refractivity contribution in [2.24, 2.45) is 0 Å². The largest absolute Gasteiger partial charge is 0.445 e. The van der Waals surface area contributed by atoms with Gasteiger partial charge in [0.2, 0.25) is 5.91 Å². The van der Waals surface area contributed by atoms with Gasteiger partial charge >= 0.3 is 6.09 Å². The second kappa shape index (κ2) is 11.3. The lowest BCUT2D eigenvalue weighted by Gasteiger charge is -2.38. The Hall–Kier alpha value is -2.12. The highest BCUT2D eigenvalue weighted by molar-refractivity contribution is 5.77. The Morgan fingerprint density at radius 1 is 1.17 bits per heavy atom. The first kappa shape index (κ1) is 22.6. The molecule has 0 radical (unpaired) electrons. The molecule has 2 saturated heterocycles. The van der Waals surface area contributed by atoms with Crippen LogP contribution in [-0.4, -0.2) is 72.8 Å². The van der Waals surface area contributed by atoms with E-state index in [4.69, 9.17) is 9.47 Å². The number of nitrogens with one attached hydrogen (secondary N) is 1. The van der Waals surface area contributed by atoms with Gasteiger partial charge in [0.1, 0.15) is 6.61 Å². The van der Waals surface area contributed by atoms with Crippen LogP contribution in [0.15, 0.2) is 30.3 Å². The number of likely N-dealkylation sites (tertiary alicyclic amines) is 1. The molecule has 2 aliphatic rings. The van der Waals surface area contributed by atoms with E-state index >= 15 is 0 Å². The topological polar surface area (TPSA) is 71.1 Å². The van der Waals surface area contributed by atoms with Crippen LogP contribution in [0.3, 0.4) is 0 Å². The van der Waals surface area contributed by atoms with Crippen LogP contribution < -0.4 is 5.32 Å². The lowest BCUT2D eigenvalue weighted by molar-refractivity contribution is -0.133. The van der Waals surface area contributed by atoms with Crippen molar-refractivity contribution >= 4 is 12.0 Å². The molecule has 166 valence electrons. The van der Waals surface area contributed by atoms with Crippen LogP contribution in [0.4, 0.5) is 4.79 Å². The van der Waals surface area contributed by atoms with Crippen molar-refractivity contribution in [2.45, 2.75) is 64.4 Å². The Kier molecular flexibility index (Phi) is 8.51. The van der Waals surface area contributed by atoms with Gasteiger partial charge in [-0.25, -0.2) is 4.79 Å². The van der Waals surface area contributed by atoms with E-state index in [2.05, 4.69) is 24.1 Å². The van der Waals surface area contributed by atoms with E-state index in [0.29, 0.717) is 25.4 Å². The molecule has 1 N–H and O–H groups in total. The van der Waals surface area contributed by atoms with Gasteiger partial charge in [0.25, 0.3) is 0 Å². The average molecular weight is 418 g/mol. The Morgan fingerprint density at radius 3 is 2.63 bits per heavy atom. The first-order chi connectivity index (χ1) is 14.5. The van der Waals surface area contributed by atoms with E-state index in [-0.39, 0.29) is 24.7 Å². The van der Waals surface area contributed by atoms with Crippen LogP contribution in [-0.2, 0) is 20.9 Å². The molecule has 30 heavy (non-hydrogen) atoms. The molecule has 2 heterocycles. The standard InChI is InChI=1S/C23H35N3O4/c1-18-14-25(15-19(2)30-18)16-21-10-7-13-26(21)22(27)11-6-12-24-23(28)29-17-20-8-4-3-5-9-20/h3-5,8-9,18-19,21H,6-7,10-17H2,1-2H3,(H,24,28). The third kappa shape index (κ3) is 6.99. The second-order valence-corrected chi connectivity index (χ2v) is 8.45. The van der Waals surface area contributed by atoms with Crippen molar-refractivity contribution in [2.75, 3.05) is 32.7 Å². The van der Waals surface area contributed by atoms with Crippen molar-refractivity contribution in [1.29, 1.82) is 0 Å². The van der Waals surface area contributed by atoms with E-state index in [9.17, 15) is 9.59 Å². The number of benzene rings is 1. The number of amides is 2. The summed E-state index contributed by atoms with van der Waals surface area (Å²) in [5, 5.41) is 2.73. The van der Waals surface area contributed by atoms with Crippen molar-refractivity contribution in [3.8, 4) is 0 Å². The normalized spacial score (nSPS) is 24.6. The zero-order valence-corrected chi connectivity index (χ0v) is 18.2. The molecule has 0 bridgehead atoms. The highest BCUT2D eigenvalue weighted by Gasteiger charge is 2.32. The molecule has 3 atom stereocenters. The smallest absolute Gasteiger partial charge is 0.407 e. The van der Waals surface area contributed by atoms with E-state index in [0.717, 1.165) is 44.6 Å². The third-order valence-corrected chi connectivity index (χ3v) is 5.71. The minimum absolute atomic E-state index is 0.186. The van der Waals surface area contributed by atoms with Gasteiger partial charge in [-0.05, 0) is 38.7 Å². The van der Waals surface area contributed by atoms with Crippen LogP contribution in [0.2, 0.25) is 0 Å². The average Bonchev–Trinajstić information content (AvgIpc) is 3.17. The Bertz CT molecular complexity index is 674. The summed E-state index contributed by atoms with van der Waals surface area (Å²) >= 11 is 0. The number of carbonyl (C=O) groups excluding carboxylic acids is 2. The fourth-order valence-corrected chi connectivity index (χ4v) is 4.43. The van der Waals surface area contributed by atoms with Gasteiger partial charge in [0.05, 0.1) is 12.2 Å². The van der Waals surface area contributed by atoms with Crippen LogP contribution in [0.25, 0.3) is 0 Å². The van der Waals surface area contributed by atoms with Crippen molar-refractivity contribution in [3.05, 3.63) is 35.9 Å². The maximum absolute atomic E-state index is 12.7. The lowest BCUT2D eigenvalue weighted by Crippen LogP contribution is -2.50. The zero-order chi connectivity index (χ0) is 21.3. The van der Waals surface area contributed by atoms with Crippen LogP contribution in [0, 0.1) is 0 Å². The van der Waals surface area contributed by atoms with E-state index in [1.165, 1.54) is 0 Å². The van der Waals surface area contributed by atoms with Crippen LogP contribution in [0.5, 0.6) is 0 Å². The maximum Gasteiger partial charge on any atom is 0.407 e. The summed E-state index contributed by atoms with van der Waals surface area (Å²) in [5.41, 5.74) is 0.951. The van der Waals surface area contributed by atoms with Crippen molar-refractivity contribution in [1.82, 2.24) is 15.1 Å². The summed E-state index contributed by atoms with van der Waals surface area (Å²) in [6, 6.07) is 9.86. The zero-order valence-electron chi connectivity index (χ0n) is 18.2. The Balaban J connectivity index is 1.33. The van der Waals surface area contributed by atoms with E-state index in [1.54, 1.807) is 0 Å². The van der Waals surface area contributed by atoms with Crippen LogP contribution >= 0.6 is 0 Å². The summed E-state index contributed by atoms with van der Waals surface area (Å²) in [6.07, 6.45) is 3.24. The second-order valence-electron chi connectivity index (χ2n) is 8.45. The number of nitrogens with zero attached hydrogens (tertiary/aromatic N) is 2. The first-order valence-electron chi connectivity index (χ1n) is 11.1. The molecule has 0 aromatic heterocycles. The van der Waals surface area contributed by atoms with E-state index in [1.807, 2.05) is 35.2 Å². The highest BCUT2D eigenvalue weighted by atomic mass is 16.5. The third-order valence-electron chi connectivity index (χ3n) is 5.71. The fourth-order valence-electron chi connectivity index (χ4n) is 4.43. The summed E-state index contributed by atoms with van der Waals surface area (Å²) in [4.78, 5) is 29.0. The summed E-state index contributed by atoms with van der Waals surface area (Å²) in [6.45, 7) is 8.53.